The first-order valence-electron chi connectivity index (χ1n) is 16.4. The highest BCUT2D eigenvalue weighted by Gasteiger charge is 2.26. The normalized spacial score (nSPS) is 22.0. The molecule has 0 unspecified atom stereocenters. The molecule has 0 amide bonds. The van der Waals surface area contributed by atoms with Crippen molar-refractivity contribution >= 4 is 9.28 Å². The number of hydrogen-bond acceptors (Lipinski definition) is 2. The fourth-order valence-electron chi connectivity index (χ4n) is 6.33. The summed E-state index contributed by atoms with van der Waals surface area (Å²) < 4.78 is 12.5. The Morgan fingerprint density at radius 3 is 1.49 bits per heavy atom. The Kier molecular flexibility index (Phi) is 15.9. The van der Waals surface area contributed by atoms with E-state index < -0.39 is 9.28 Å². The third kappa shape index (κ3) is 11.4. The summed E-state index contributed by atoms with van der Waals surface area (Å²) >= 11 is 0. The first-order valence-corrected chi connectivity index (χ1v) is 17.9. The molecule has 4 rings (SSSR count). The van der Waals surface area contributed by atoms with E-state index in [4.69, 9.17) is 8.85 Å². The fourth-order valence-corrected chi connectivity index (χ4v) is 8.79. The SMILES string of the molecule is C1=C(C2=CCCCCC2)CCCCC1.CCCO[SiH](OCCC)C1=C(C2=CCCCCC2)CCCCC1. The smallest absolute Gasteiger partial charge is 0.352 e. The van der Waals surface area contributed by atoms with Crippen LogP contribution < -0.4 is 0 Å². The molecule has 0 atom stereocenters. The predicted octanol–water partition coefficient (Wildman–Crippen LogP) is 10.5. The second-order valence-corrected chi connectivity index (χ2v) is 13.7. The Balaban J connectivity index is 0.000000231. The van der Waals surface area contributed by atoms with Crippen LogP contribution in [-0.4, -0.2) is 22.5 Å². The summed E-state index contributed by atoms with van der Waals surface area (Å²) in [6, 6.07) is 0. The third-order valence-electron chi connectivity index (χ3n) is 8.41. The minimum atomic E-state index is -1.68. The quantitative estimate of drug-likeness (QED) is 0.278. The average Bonchev–Trinajstić information content (AvgIpc) is 3.52. The summed E-state index contributed by atoms with van der Waals surface area (Å²) in [7, 11) is -1.68. The van der Waals surface area contributed by atoms with Gasteiger partial charge in [-0.3, -0.25) is 0 Å². The molecule has 210 valence electrons. The molecule has 4 aliphatic carbocycles. The van der Waals surface area contributed by atoms with Crippen molar-refractivity contribution in [3.63, 3.8) is 0 Å². The van der Waals surface area contributed by atoms with Crippen LogP contribution >= 0.6 is 0 Å². The van der Waals surface area contributed by atoms with Gasteiger partial charge in [-0.15, -0.1) is 0 Å². The van der Waals surface area contributed by atoms with Gasteiger partial charge in [-0.25, -0.2) is 0 Å². The van der Waals surface area contributed by atoms with Crippen LogP contribution in [0.25, 0.3) is 0 Å². The van der Waals surface area contributed by atoms with Crippen LogP contribution in [0.2, 0.25) is 0 Å². The largest absolute Gasteiger partial charge is 0.393 e. The van der Waals surface area contributed by atoms with Crippen molar-refractivity contribution in [2.24, 2.45) is 0 Å². The molecule has 0 heterocycles. The van der Waals surface area contributed by atoms with E-state index in [1.165, 1.54) is 128 Å². The molecule has 0 fully saturated rings. The molecule has 37 heavy (non-hydrogen) atoms. The maximum atomic E-state index is 6.27. The van der Waals surface area contributed by atoms with E-state index in [-0.39, 0.29) is 0 Å². The summed E-state index contributed by atoms with van der Waals surface area (Å²) in [4.78, 5) is 0. The molecule has 0 bridgehead atoms. The van der Waals surface area contributed by atoms with Gasteiger partial charge in [0, 0.05) is 13.2 Å². The lowest BCUT2D eigenvalue weighted by Gasteiger charge is -2.23. The molecule has 2 nitrogen and oxygen atoms in total. The number of rotatable bonds is 9. The average molecular weight is 527 g/mol. The standard InChI is InChI=1S/C20H36O2Si.C14H22/c1-3-16-21-23(22-17-4-2)20-15-11-7-10-14-19(20)18-12-8-5-6-9-13-18;1-2-6-10-13(9-5-1)14-11-7-3-4-8-12-14/h12,23H,3-11,13-17H2,1-2H3;9,11H,1-8,10,12H2. The Bertz CT molecular complexity index is 726. The fraction of sp³-hybridized carbons (Fsp3) is 0.765. The molecule has 0 radical (unpaired) electrons. The molecule has 0 aromatic carbocycles. The van der Waals surface area contributed by atoms with Crippen molar-refractivity contribution in [1.82, 2.24) is 0 Å². The van der Waals surface area contributed by atoms with E-state index in [0.717, 1.165) is 26.1 Å². The zero-order valence-electron chi connectivity index (χ0n) is 24.6. The van der Waals surface area contributed by atoms with Crippen molar-refractivity contribution in [3.8, 4) is 0 Å². The van der Waals surface area contributed by atoms with Gasteiger partial charge in [0.25, 0.3) is 0 Å². The van der Waals surface area contributed by atoms with Gasteiger partial charge in [0.05, 0.1) is 0 Å². The van der Waals surface area contributed by atoms with Crippen LogP contribution in [0.3, 0.4) is 0 Å². The molecule has 0 aromatic rings. The summed E-state index contributed by atoms with van der Waals surface area (Å²) in [5.41, 5.74) is 6.71. The predicted molar refractivity (Wildman–Crippen MR) is 163 cm³/mol. The van der Waals surface area contributed by atoms with E-state index in [1.54, 1.807) is 27.5 Å². The highest BCUT2D eigenvalue weighted by molar-refractivity contribution is 6.54. The Hall–Kier alpha value is -0.903. The molecule has 0 aliphatic heterocycles. The van der Waals surface area contributed by atoms with Gasteiger partial charge in [-0.1, -0.05) is 57.8 Å². The molecular weight excluding hydrogens is 468 g/mol. The van der Waals surface area contributed by atoms with Crippen molar-refractivity contribution in [1.29, 1.82) is 0 Å². The van der Waals surface area contributed by atoms with E-state index in [1.807, 2.05) is 0 Å². The first kappa shape index (κ1) is 30.6. The number of allylic oxidation sites excluding steroid dienone is 8. The zero-order chi connectivity index (χ0) is 26.0. The molecule has 4 aliphatic rings. The van der Waals surface area contributed by atoms with Gasteiger partial charge in [-0.2, -0.15) is 0 Å². The Morgan fingerprint density at radius 1 is 0.514 bits per heavy atom. The van der Waals surface area contributed by atoms with Gasteiger partial charge in [-0.05, 0) is 143 Å². The van der Waals surface area contributed by atoms with Crippen LogP contribution in [0.5, 0.6) is 0 Å². The van der Waals surface area contributed by atoms with Gasteiger partial charge in [0.15, 0.2) is 0 Å². The summed E-state index contributed by atoms with van der Waals surface area (Å²) in [6.45, 7) is 6.11. The van der Waals surface area contributed by atoms with Gasteiger partial charge < -0.3 is 8.85 Å². The minimum absolute atomic E-state index is 0.858. The maximum absolute atomic E-state index is 6.27. The van der Waals surface area contributed by atoms with Crippen LogP contribution in [0.1, 0.15) is 155 Å². The zero-order valence-corrected chi connectivity index (χ0v) is 25.8. The van der Waals surface area contributed by atoms with Crippen molar-refractivity contribution in [3.05, 3.63) is 45.7 Å². The highest BCUT2D eigenvalue weighted by Crippen LogP contribution is 2.35. The van der Waals surface area contributed by atoms with Crippen LogP contribution in [0.4, 0.5) is 0 Å². The lowest BCUT2D eigenvalue weighted by molar-refractivity contribution is 0.202. The summed E-state index contributed by atoms with van der Waals surface area (Å²) in [5.74, 6) is 0. The maximum Gasteiger partial charge on any atom is 0.352 e. The first-order chi connectivity index (χ1) is 18.3. The van der Waals surface area contributed by atoms with E-state index in [2.05, 4.69) is 32.1 Å². The summed E-state index contributed by atoms with van der Waals surface area (Å²) in [5, 5.41) is 1.61. The molecular formula is C34H58O2Si. The van der Waals surface area contributed by atoms with Gasteiger partial charge >= 0.3 is 9.28 Å². The Morgan fingerprint density at radius 2 is 0.946 bits per heavy atom. The third-order valence-corrected chi connectivity index (χ3v) is 10.7. The lowest BCUT2D eigenvalue weighted by Crippen LogP contribution is -2.28. The van der Waals surface area contributed by atoms with Crippen LogP contribution in [0, 0.1) is 0 Å². The second-order valence-electron chi connectivity index (χ2n) is 11.6. The molecule has 0 N–H and O–H groups in total. The highest BCUT2D eigenvalue weighted by atomic mass is 28.3. The van der Waals surface area contributed by atoms with Crippen LogP contribution in [0.15, 0.2) is 45.7 Å². The molecule has 0 saturated heterocycles. The van der Waals surface area contributed by atoms with E-state index >= 15 is 0 Å². The molecule has 0 spiro atoms. The van der Waals surface area contributed by atoms with Crippen molar-refractivity contribution < 1.29 is 8.85 Å². The topological polar surface area (TPSA) is 18.5 Å². The van der Waals surface area contributed by atoms with Gasteiger partial charge in [0.2, 0.25) is 0 Å². The monoisotopic (exact) mass is 526 g/mol. The lowest BCUT2D eigenvalue weighted by atomic mass is 9.97. The molecule has 0 saturated carbocycles. The van der Waals surface area contributed by atoms with Crippen molar-refractivity contribution in [2.45, 2.75) is 155 Å². The van der Waals surface area contributed by atoms with E-state index in [0.29, 0.717) is 0 Å². The van der Waals surface area contributed by atoms with Gasteiger partial charge in [0.1, 0.15) is 0 Å². The minimum Gasteiger partial charge on any atom is -0.393 e. The van der Waals surface area contributed by atoms with Crippen LogP contribution in [-0.2, 0) is 8.85 Å². The van der Waals surface area contributed by atoms with Crippen molar-refractivity contribution in [2.75, 3.05) is 13.2 Å². The molecule has 3 heteroatoms. The number of hydrogen-bond donors (Lipinski definition) is 0. The molecule has 0 aromatic heterocycles. The Labute approximate surface area is 231 Å². The van der Waals surface area contributed by atoms with E-state index in [9.17, 15) is 0 Å². The summed E-state index contributed by atoms with van der Waals surface area (Å²) in [6.07, 6.45) is 36.8. The second kappa shape index (κ2) is 19.2.